The van der Waals surface area contributed by atoms with Crippen molar-refractivity contribution < 1.29 is 4.74 Å². The quantitative estimate of drug-likeness (QED) is 0.407. The summed E-state index contributed by atoms with van der Waals surface area (Å²) in [7, 11) is 0. The topological polar surface area (TPSA) is 61.7 Å². The van der Waals surface area contributed by atoms with Gasteiger partial charge in [0.2, 0.25) is 0 Å². The number of ether oxygens (including phenoxy) is 1. The molecule has 0 saturated heterocycles. The Kier molecular flexibility index (Phi) is 21.0. The van der Waals surface area contributed by atoms with E-state index in [1.54, 1.807) is 0 Å². The van der Waals surface area contributed by atoms with E-state index in [0.717, 1.165) is 18.6 Å². The molecule has 0 fully saturated rings. The molecule has 0 bridgehead atoms. The van der Waals surface area contributed by atoms with Crippen LogP contribution in [0.25, 0.3) is 0 Å². The van der Waals surface area contributed by atoms with Gasteiger partial charge in [0.25, 0.3) is 0 Å². The minimum Gasteiger partial charge on any atom is -0.444 e. The number of nitrogens with zero attached hydrogens (tertiary/aromatic N) is 1. The molecular formula is C4H10NO3-. The van der Waals surface area contributed by atoms with Crippen LogP contribution in [0.3, 0.4) is 0 Å². The van der Waals surface area contributed by atoms with E-state index in [9.17, 15) is 0 Å². The standard InChI is InChI=1S/C4H10O.HNO2/c1-3-5-4-2;2-1-3/h3-4H2,1-2H3;(H,2,3)/p-1. The molecular weight excluding hydrogens is 110 g/mol. The molecule has 0 radical (unpaired) electrons. The molecule has 50 valence electrons. The van der Waals surface area contributed by atoms with E-state index in [1.165, 1.54) is 0 Å². The summed E-state index contributed by atoms with van der Waals surface area (Å²) in [6, 6.07) is 0. The van der Waals surface area contributed by atoms with Gasteiger partial charge in [0.1, 0.15) is 0 Å². The Morgan fingerprint density at radius 1 is 1.50 bits per heavy atom. The normalized spacial score (nSPS) is 6.75. The highest BCUT2D eigenvalue weighted by molar-refractivity contribution is 4.21. The Morgan fingerprint density at radius 3 is 1.75 bits per heavy atom. The minimum absolute atomic E-state index is 0.844. The van der Waals surface area contributed by atoms with E-state index in [1.807, 2.05) is 13.8 Å². The molecule has 0 saturated carbocycles. The van der Waals surface area contributed by atoms with Crippen LogP contribution >= 0.6 is 0 Å². The second-order valence-electron chi connectivity index (χ2n) is 0.856. The predicted octanol–water partition coefficient (Wildman–Crippen LogP) is 1.29. The van der Waals surface area contributed by atoms with Crippen LogP contribution in [-0.2, 0) is 4.74 Å². The fourth-order valence-corrected chi connectivity index (χ4v) is 0.204. The second kappa shape index (κ2) is 16.2. The van der Waals surface area contributed by atoms with Crippen molar-refractivity contribution in [3.05, 3.63) is 10.1 Å². The van der Waals surface area contributed by atoms with Crippen molar-refractivity contribution in [3.63, 3.8) is 0 Å². The van der Waals surface area contributed by atoms with Crippen molar-refractivity contribution in [2.45, 2.75) is 13.8 Å². The van der Waals surface area contributed by atoms with E-state index in [-0.39, 0.29) is 0 Å². The fourth-order valence-electron chi connectivity index (χ4n) is 0.204. The Labute approximate surface area is 48.4 Å². The summed E-state index contributed by atoms with van der Waals surface area (Å²) in [5, 5.41) is 9.00. The number of hydrogen-bond donors (Lipinski definition) is 0. The molecule has 8 heavy (non-hydrogen) atoms. The van der Waals surface area contributed by atoms with Crippen LogP contribution in [0.2, 0.25) is 0 Å². The molecule has 0 aromatic rings. The summed E-state index contributed by atoms with van der Waals surface area (Å²) < 4.78 is 4.83. The van der Waals surface area contributed by atoms with Gasteiger partial charge in [0.05, 0.1) is 0 Å². The molecule has 0 aliphatic heterocycles. The molecule has 0 spiro atoms. The summed E-state index contributed by atoms with van der Waals surface area (Å²) in [6.45, 7) is 5.67. The van der Waals surface area contributed by atoms with Crippen molar-refractivity contribution in [2.24, 2.45) is 5.34 Å². The molecule has 0 aliphatic carbocycles. The molecule has 0 unspecified atom stereocenters. The van der Waals surface area contributed by atoms with Crippen LogP contribution in [-0.4, -0.2) is 13.2 Å². The molecule has 0 N–H and O–H groups in total. The lowest BCUT2D eigenvalue weighted by Gasteiger charge is -1.86. The summed E-state index contributed by atoms with van der Waals surface area (Å²) in [5.41, 5.74) is 0. The third-order valence-corrected chi connectivity index (χ3v) is 0.408. The lowest BCUT2D eigenvalue weighted by atomic mass is 10.8. The van der Waals surface area contributed by atoms with Crippen LogP contribution in [0.1, 0.15) is 13.8 Å². The highest BCUT2D eigenvalue weighted by Crippen LogP contribution is 1.64. The van der Waals surface area contributed by atoms with Gasteiger partial charge in [-0.15, -0.1) is 5.34 Å². The second-order valence-corrected chi connectivity index (χ2v) is 0.856. The Morgan fingerprint density at radius 2 is 1.75 bits per heavy atom. The van der Waals surface area contributed by atoms with Crippen molar-refractivity contribution in [3.8, 4) is 0 Å². The minimum atomic E-state index is 0.844. The summed E-state index contributed by atoms with van der Waals surface area (Å²) in [5.74, 6) is 0. The summed E-state index contributed by atoms with van der Waals surface area (Å²) in [4.78, 5) is 8.00. The highest BCUT2D eigenvalue weighted by atomic mass is 16.6. The zero-order chi connectivity index (χ0) is 6.83. The zero-order valence-electron chi connectivity index (χ0n) is 5.09. The van der Waals surface area contributed by atoms with Crippen LogP contribution in [0.4, 0.5) is 0 Å². The van der Waals surface area contributed by atoms with E-state index in [0.29, 0.717) is 0 Å². The first-order valence-electron chi connectivity index (χ1n) is 2.36. The van der Waals surface area contributed by atoms with E-state index in [4.69, 9.17) is 14.9 Å². The van der Waals surface area contributed by atoms with Gasteiger partial charge >= 0.3 is 0 Å². The molecule has 4 nitrogen and oxygen atoms in total. The third kappa shape index (κ3) is 55.1. The van der Waals surface area contributed by atoms with Gasteiger partial charge in [-0.05, 0) is 13.8 Å². The molecule has 0 aliphatic rings. The molecule has 0 amide bonds. The summed E-state index contributed by atoms with van der Waals surface area (Å²) >= 11 is 0. The van der Waals surface area contributed by atoms with Gasteiger partial charge in [-0.25, -0.2) is 0 Å². The summed E-state index contributed by atoms with van der Waals surface area (Å²) in [6.07, 6.45) is 0. The largest absolute Gasteiger partial charge is 0.444 e. The van der Waals surface area contributed by atoms with Crippen LogP contribution in [0.15, 0.2) is 5.34 Å². The van der Waals surface area contributed by atoms with Gasteiger partial charge in [-0.1, -0.05) is 0 Å². The van der Waals surface area contributed by atoms with E-state index < -0.39 is 0 Å². The maximum atomic E-state index is 8.00. The lowest BCUT2D eigenvalue weighted by molar-refractivity contribution is 0.162. The first-order chi connectivity index (χ1) is 3.83. The van der Waals surface area contributed by atoms with Crippen LogP contribution in [0, 0.1) is 10.1 Å². The fraction of sp³-hybridized carbons (Fsp3) is 1.00. The first kappa shape index (κ1) is 10.4. The van der Waals surface area contributed by atoms with Crippen LogP contribution < -0.4 is 0 Å². The number of hydrogen-bond acceptors (Lipinski definition) is 4. The molecule has 0 atom stereocenters. The van der Waals surface area contributed by atoms with Crippen molar-refractivity contribution in [1.82, 2.24) is 0 Å². The third-order valence-electron chi connectivity index (χ3n) is 0.408. The van der Waals surface area contributed by atoms with E-state index >= 15 is 0 Å². The lowest BCUT2D eigenvalue weighted by Crippen LogP contribution is -1.84. The van der Waals surface area contributed by atoms with E-state index in [2.05, 4.69) is 0 Å². The van der Waals surface area contributed by atoms with Crippen molar-refractivity contribution in [2.75, 3.05) is 13.2 Å². The van der Waals surface area contributed by atoms with Gasteiger partial charge < -0.3 is 14.9 Å². The number of rotatable bonds is 2. The van der Waals surface area contributed by atoms with Gasteiger partial charge in [0.15, 0.2) is 0 Å². The van der Waals surface area contributed by atoms with Crippen LogP contribution in [0.5, 0.6) is 0 Å². The van der Waals surface area contributed by atoms with Gasteiger partial charge in [-0.3, -0.25) is 0 Å². The Hall–Kier alpha value is -0.640. The molecule has 0 rings (SSSR count). The average Bonchev–Trinajstić information content (AvgIpc) is 1.71. The SMILES string of the molecule is CCOCC.O=N[O-]. The Bertz CT molecular complexity index is 38.3. The average molecular weight is 120 g/mol. The van der Waals surface area contributed by atoms with Gasteiger partial charge in [0, 0.05) is 13.2 Å². The van der Waals surface area contributed by atoms with Crippen molar-refractivity contribution >= 4 is 0 Å². The van der Waals surface area contributed by atoms with Gasteiger partial charge in [-0.2, -0.15) is 0 Å². The molecule has 0 aromatic heterocycles. The van der Waals surface area contributed by atoms with Crippen molar-refractivity contribution in [1.29, 1.82) is 0 Å². The highest BCUT2D eigenvalue weighted by Gasteiger charge is 1.64. The smallest absolute Gasteiger partial charge is 0.0437 e. The maximum absolute atomic E-state index is 8.00. The molecule has 4 heteroatoms. The molecule has 0 heterocycles. The predicted molar refractivity (Wildman–Crippen MR) is 31.3 cm³/mol. The Balaban J connectivity index is 0. The monoisotopic (exact) mass is 120 g/mol. The molecule has 0 aromatic carbocycles. The zero-order valence-corrected chi connectivity index (χ0v) is 5.09. The first-order valence-corrected chi connectivity index (χ1v) is 2.36. The maximum Gasteiger partial charge on any atom is 0.0437 e.